The van der Waals surface area contributed by atoms with Crippen LogP contribution in [0.2, 0.25) is 0 Å². The Labute approximate surface area is 167 Å². The van der Waals surface area contributed by atoms with Crippen LogP contribution in [0.25, 0.3) is 0 Å². The number of rotatable bonds is 8. The van der Waals surface area contributed by atoms with Crippen LogP contribution in [-0.4, -0.2) is 100 Å². The number of carbonyl (C=O) groups excluding carboxylic acids is 1. The van der Waals surface area contributed by atoms with E-state index in [-0.39, 0.29) is 0 Å². The van der Waals surface area contributed by atoms with E-state index >= 15 is 0 Å². The highest BCUT2D eigenvalue weighted by atomic mass is 16.2. The maximum atomic E-state index is 12.3. The van der Waals surface area contributed by atoms with Crippen LogP contribution in [-0.2, 0) is 11.3 Å². The van der Waals surface area contributed by atoms with Crippen LogP contribution in [0.15, 0.2) is 17.6 Å². The molecular weight excluding hydrogens is 356 g/mol. The number of nitrogens with one attached hydrogen (secondary N) is 1. The lowest BCUT2D eigenvalue weighted by molar-refractivity contribution is -0.131. The summed E-state index contributed by atoms with van der Waals surface area (Å²) in [7, 11) is 0. The van der Waals surface area contributed by atoms with Crippen molar-refractivity contribution in [2.24, 2.45) is 4.99 Å². The fraction of sp³-hybridized carbons (Fsp3) is 0.789. The second kappa shape index (κ2) is 11.0. The Kier molecular flexibility index (Phi) is 8.07. The molecule has 2 fully saturated rings. The summed E-state index contributed by atoms with van der Waals surface area (Å²) in [5.41, 5.74) is 0. The van der Waals surface area contributed by atoms with Gasteiger partial charge in [0.25, 0.3) is 0 Å². The van der Waals surface area contributed by atoms with Gasteiger partial charge in [-0.15, -0.1) is 10.2 Å². The Balaban J connectivity index is 1.38. The first-order valence-electron chi connectivity index (χ1n) is 10.6. The van der Waals surface area contributed by atoms with E-state index in [9.17, 15) is 4.79 Å². The van der Waals surface area contributed by atoms with Crippen molar-refractivity contribution in [2.75, 3.05) is 58.9 Å². The molecule has 3 rings (SSSR count). The standard InChI is InChI=1S/C19H34N8O/c1-2-20-19(21-7-3-4-8-25-16-22-23-17-25)27-13-11-24(12-14-27)15-18(28)26-9-5-6-10-26/h16-17H,2-15H2,1H3,(H,20,21). The second-order valence-electron chi connectivity index (χ2n) is 7.49. The number of likely N-dealkylation sites (tertiary alicyclic amines) is 1. The number of carbonyl (C=O) groups is 1. The number of aromatic nitrogens is 3. The maximum Gasteiger partial charge on any atom is 0.236 e. The third-order valence-electron chi connectivity index (χ3n) is 5.38. The Hall–Kier alpha value is -2.16. The van der Waals surface area contributed by atoms with Gasteiger partial charge in [-0.1, -0.05) is 0 Å². The van der Waals surface area contributed by atoms with Gasteiger partial charge in [-0.05, 0) is 32.6 Å². The average molecular weight is 391 g/mol. The Morgan fingerprint density at radius 3 is 2.39 bits per heavy atom. The molecule has 0 spiro atoms. The van der Waals surface area contributed by atoms with Crippen molar-refractivity contribution in [3.8, 4) is 0 Å². The molecule has 0 aromatic carbocycles. The molecule has 156 valence electrons. The zero-order valence-electron chi connectivity index (χ0n) is 17.1. The molecule has 1 amide bonds. The zero-order valence-corrected chi connectivity index (χ0v) is 17.1. The molecule has 9 heteroatoms. The van der Waals surface area contributed by atoms with Crippen molar-refractivity contribution in [3.05, 3.63) is 12.7 Å². The van der Waals surface area contributed by atoms with E-state index in [1.54, 1.807) is 12.7 Å². The van der Waals surface area contributed by atoms with Gasteiger partial charge in [0.2, 0.25) is 5.91 Å². The van der Waals surface area contributed by atoms with E-state index in [2.05, 4.69) is 32.2 Å². The molecule has 1 N–H and O–H groups in total. The summed E-state index contributed by atoms with van der Waals surface area (Å²) >= 11 is 0. The molecule has 0 aliphatic carbocycles. The van der Waals surface area contributed by atoms with Gasteiger partial charge < -0.3 is 19.7 Å². The molecule has 0 bridgehead atoms. The molecule has 9 nitrogen and oxygen atoms in total. The molecule has 0 radical (unpaired) electrons. The Morgan fingerprint density at radius 1 is 1.00 bits per heavy atom. The van der Waals surface area contributed by atoms with E-state index in [0.717, 1.165) is 90.5 Å². The molecule has 2 aliphatic rings. The fourth-order valence-electron chi connectivity index (χ4n) is 3.73. The SMILES string of the molecule is CCNC(=NCCCCn1cnnc1)N1CCN(CC(=O)N2CCCC2)CC1. The lowest BCUT2D eigenvalue weighted by Gasteiger charge is -2.36. The number of piperazine rings is 1. The minimum Gasteiger partial charge on any atom is -0.357 e. The topological polar surface area (TPSA) is 81.9 Å². The van der Waals surface area contributed by atoms with Crippen molar-refractivity contribution >= 4 is 11.9 Å². The van der Waals surface area contributed by atoms with Gasteiger partial charge in [0.05, 0.1) is 6.54 Å². The van der Waals surface area contributed by atoms with Crippen LogP contribution in [0.4, 0.5) is 0 Å². The van der Waals surface area contributed by atoms with Gasteiger partial charge in [-0.2, -0.15) is 0 Å². The van der Waals surface area contributed by atoms with E-state index in [4.69, 9.17) is 4.99 Å². The quantitative estimate of drug-likeness (QED) is 0.390. The van der Waals surface area contributed by atoms with Gasteiger partial charge in [0, 0.05) is 58.9 Å². The van der Waals surface area contributed by atoms with E-state index in [1.165, 1.54) is 0 Å². The Morgan fingerprint density at radius 2 is 1.71 bits per heavy atom. The molecule has 2 aliphatic heterocycles. The van der Waals surface area contributed by atoms with Crippen LogP contribution in [0.5, 0.6) is 0 Å². The monoisotopic (exact) mass is 390 g/mol. The predicted octanol–water partition coefficient (Wildman–Crippen LogP) is 0.264. The fourth-order valence-corrected chi connectivity index (χ4v) is 3.73. The summed E-state index contributed by atoms with van der Waals surface area (Å²) in [5, 5.41) is 11.1. The molecule has 1 aromatic rings. The van der Waals surface area contributed by atoms with Gasteiger partial charge in [-0.3, -0.25) is 14.7 Å². The van der Waals surface area contributed by atoms with E-state index < -0.39 is 0 Å². The summed E-state index contributed by atoms with van der Waals surface area (Å²) in [6.45, 7) is 10.8. The number of aryl methyl sites for hydroxylation is 1. The average Bonchev–Trinajstić information content (AvgIpc) is 3.42. The number of hydrogen-bond donors (Lipinski definition) is 1. The van der Waals surface area contributed by atoms with Gasteiger partial charge in [0.15, 0.2) is 5.96 Å². The van der Waals surface area contributed by atoms with Gasteiger partial charge >= 0.3 is 0 Å². The van der Waals surface area contributed by atoms with Crippen molar-refractivity contribution in [1.29, 1.82) is 0 Å². The summed E-state index contributed by atoms with van der Waals surface area (Å²) in [6, 6.07) is 0. The highest BCUT2D eigenvalue weighted by Gasteiger charge is 2.24. The maximum absolute atomic E-state index is 12.3. The number of nitrogens with zero attached hydrogens (tertiary/aromatic N) is 7. The van der Waals surface area contributed by atoms with Crippen molar-refractivity contribution in [3.63, 3.8) is 0 Å². The molecule has 0 atom stereocenters. The number of aliphatic imine (C=N–C) groups is 1. The summed E-state index contributed by atoms with van der Waals surface area (Å²) in [4.78, 5) is 23.8. The smallest absolute Gasteiger partial charge is 0.236 e. The normalized spacial score (nSPS) is 18.7. The van der Waals surface area contributed by atoms with Gasteiger partial charge in [-0.25, -0.2) is 0 Å². The van der Waals surface area contributed by atoms with E-state index in [0.29, 0.717) is 12.5 Å². The van der Waals surface area contributed by atoms with Crippen LogP contribution in [0.3, 0.4) is 0 Å². The third kappa shape index (κ3) is 6.19. The van der Waals surface area contributed by atoms with Crippen molar-refractivity contribution in [1.82, 2.24) is 34.8 Å². The molecule has 28 heavy (non-hydrogen) atoms. The van der Waals surface area contributed by atoms with Crippen molar-refractivity contribution in [2.45, 2.75) is 39.2 Å². The van der Waals surface area contributed by atoms with Crippen LogP contribution >= 0.6 is 0 Å². The highest BCUT2D eigenvalue weighted by molar-refractivity contribution is 5.80. The third-order valence-corrected chi connectivity index (χ3v) is 5.38. The molecule has 2 saturated heterocycles. The van der Waals surface area contributed by atoms with Crippen LogP contribution in [0, 0.1) is 0 Å². The Bertz CT molecular complexity index is 603. The second-order valence-corrected chi connectivity index (χ2v) is 7.49. The first-order chi connectivity index (χ1) is 13.8. The van der Waals surface area contributed by atoms with Crippen molar-refractivity contribution < 1.29 is 4.79 Å². The van der Waals surface area contributed by atoms with E-state index in [1.807, 2.05) is 9.47 Å². The number of amides is 1. The molecule has 1 aromatic heterocycles. The minimum absolute atomic E-state index is 0.291. The predicted molar refractivity (Wildman–Crippen MR) is 109 cm³/mol. The molecule has 0 saturated carbocycles. The lowest BCUT2D eigenvalue weighted by Crippen LogP contribution is -2.54. The zero-order chi connectivity index (χ0) is 19.6. The number of unbranched alkanes of at least 4 members (excludes halogenated alkanes) is 1. The minimum atomic E-state index is 0.291. The molecule has 3 heterocycles. The summed E-state index contributed by atoms with van der Waals surface area (Å²) in [5.74, 6) is 1.29. The molecular formula is C19H34N8O. The highest BCUT2D eigenvalue weighted by Crippen LogP contribution is 2.09. The summed E-state index contributed by atoms with van der Waals surface area (Å²) in [6.07, 6.45) is 7.91. The first kappa shape index (κ1) is 20.6. The number of hydrogen-bond acceptors (Lipinski definition) is 5. The van der Waals surface area contributed by atoms with Gasteiger partial charge in [0.1, 0.15) is 12.7 Å². The number of guanidine groups is 1. The lowest BCUT2D eigenvalue weighted by atomic mass is 10.3. The molecule has 0 unspecified atom stereocenters. The van der Waals surface area contributed by atoms with Crippen LogP contribution in [0.1, 0.15) is 32.6 Å². The largest absolute Gasteiger partial charge is 0.357 e. The van der Waals surface area contributed by atoms with Crippen LogP contribution < -0.4 is 5.32 Å². The first-order valence-corrected chi connectivity index (χ1v) is 10.6. The summed E-state index contributed by atoms with van der Waals surface area (Å²) < 4.78 is 2.00.